The summed E-state index contributed by atoms with van der Waals surface area (Å²) in [5.41, 5.74) is 1.94. The number of benzene rings is 1. The van der Waals surface area contributed by atoms with Crippen molar-refractivity contribution >= 4 is 15.9 Å². The van der Waals surface area contributed by atoms with E-state index < -0.39 is 0 Å². The number of hydrogen-bond donors (Lipinski definition) is 0. The number of aryl methyl sites for hydroxylation is 1. The van der Waals surface area contributed by atoms with Crippen LogP contribution in [0.3, 0.4) is 0 Å². The summed E-state index contributed by atoms with van der Waals surface area (Å²) in [6, 6.07) is 10.0. The van der Waals surface area contributed by atoms with Crippen LogP contribution in [0.1, 0.15) is 24.6 Å². The monoisotopic (exact) mass is 306 g/mol. The summed E-state index contributed by atoms with van der Waals surface area (Å²) in [6.07, 6.45) is 3.23. The van der Waals surface area contributed by atoms with E-state index in [0.29, 0.717) is 17.4 Å². The Morgan fingerprint density at radius 3 is 2.67 bits per heavy atom. The molecule has 1 aromatic carbocycles. The zero-order valence-corrected chi connectivity index (χ0v) is 11.9. The van der Waals surface area contributed by atoms with Gasteiger partial charge in [-0.05, 0) is 27.9 Å². The second-order valence-corrected chi connectivity index (χ2v) is 4.96. The SMILES string of the molecule is CCCn1cnc(Cc2ccccc2)c(Br)c1=O. The third-order valence-electron chi connectivity index (χ3n) is 2.73. The van der Waals surface area contributed by atoms with Gasteiger partial charge in [-0.2, -0.15) is 0 Å². The fraction of sp³-hybridized carbons (Fsp3) is 0.286. The highest BCUT2D eigenvalue weighted by atomic mass is 79.9. The van der Waals surface area contributed by atoms with Gasteiger partial charge in [0.2, 0.25) is 0 Å². The van der Waals surface area contributed by atoms with Crippen LogP contribution < -0.4 is 5.56 Å². The van der Waals surface area contributed by atoms with Gasteiger partial charge in [-0.1, -0.05) is 37.3 Å². The Labute approximate surface area is 115 Å². The van der Waals surface area contributed by atoms with Crippen molar-refractivity contribution in [3.8, 4) is 0 Å². The molecule has 0 aliphatic heterocycles. The minimum absolute atomic E-state index is 0.00205. The van der Waals surface area contributed by atoms with Crippen LogP contribution in [0.15, 0.2) is 45.9 Å². The van der Waals surface area contributed by atoms with Crippen LogP contribution >= 0.6 is 15.9 Å². The van der Waals surface area contributed by atoms with Gasteiger partial charge in [0, 0.05) is 13.0 Å². The summed E-state index contributed by atoms with van der Waals surface area (Å²) in [5.74, 6) is 0. The first-order valence-corrected chi connectivity index (χ1v) is 6.79. The molecule has 0 aliphatic rings. The first-order chi connectivity index (χ1) is 8.72. The van der Waals surface area contributed by atoms with Crippen LogP contribution in [-0.2, 0) is 13.0 Å². The third kappa shape index (κ3) is 2.88. The molecule has 0 spiro atoms. The Kier molecular flexibility index (Phi) is 4.31. The molecule has 0 amide bonds. The van der Waals surface area contributed by atoms with Crippen molar-refractivity contribution in [2.75, 3.05) is 0 Å². The molecule has 0 unspecified atom stereocenters. The molecule has 0 bridgehead atoms. The second-order valence-electron chi connectivity index (χ2n) is 4.17. The molecule has 94 valence electrons. The predicted octanol–water partition coefficient (Wildman–Crippen LogP) is 3.01. The number of nitrogens with zero attached hydrogens (tertiary/aromatic N) is 2. The van der Waals surface area contributed by atoms with Crippen molar-refractivity contribution < 1.29 is 0 Å². The quantitative estimate of drug-likeness (QED) is 0.870. The molecule has 0 radical (unpaired) electrons. The van der Waals surface area contributed by atoms with Gasteiger partial charge >= 0.3 is 0 Å². The topological polar surface area (TPSA) is 34.9 Å². The second kappa shape index (κ2) is 5.96. The molecule has 0 saturated carbocycles. The first kappa shape index (κ1) is 13.0. The smallest absolute Gasteiger partial charge is 0.267 e. The van der Waals surface area contributed by atoms with E-state index >= 15 is 0 Å². The summed E-state index contributed by atoms with van der Waals surface area (Å²) in [4.78, 5) is 16.4. The Balaban J connectivity index is 2.30. The van der Waals surface area contributed by atoms with Gasteiger partial charge in [0.1, 0.15) is 4.47 Å². The lowest BCUT2D eigenvalue weighted by Gasteiger charge is -2.07. The predicted molar refractivity (Wildman–Crippen MR) is 75.7 cm³/mol. The van der Waals surface area contributed by atoms with E-state index in [1.165, 1.54) is 0 Å². The molecule has 0 fully saturated rings. The molecule has 18 heavy (non-hydrogen) atoms. The molecule has 0 atom stereocenters. The van der Waals surface area contributed by atoms with Crippen molar-refractivity contribution in [3.63, 3.8) is 0 Å². The molecule has 1 heterocycles. The standard InChI is InChI=1S/C14H15BrN2O/c1-2-8-17-10-16-12(13(15)14(17)18)9-11-6-4-3-5-7-11/h3-7,10H,2,8-9H2,1H3. The molecule has 4 heteroatoms. The van der Waals surface area contributed by atoms with Gasteiger partial charge in [0.05, 0.1) is 12.0 Å². The molecule has 2 rings (SSSR count). The van der Waals surface area contributed by atoms with Gasteiger partial charge < -0.3 is 0 Å². The molecule has 1 aromatic heterocycles. The Hall–Kier alpha value is -1.42. The molecule has 0 saturated heterocycles. The van der Waals surface area contributed by atoms with Gasteiger partial charge in [-0.15, -0.1) is 0 Å². The van der Waals surface area contributed by atoms with Crippen LogP contribution in [0.2, 0.25) is 0 Å². The largest absolute Gasteiger partial charge is 0.298 e. The van der Waals surface area contributed by atoms with Crippen LogP contribution in [0.5, 0.6) is 0 Å². The summed E-state index contributed by atoms with van der Waals surface area (Å²) >= 11 is 3.36. The number of hydrogen-bond acceptors (Lipinski definition) is 2. The lowest BCUT2D eigenvalue weighted by Crippen LogP contribution is -2.22. The lowest BCUT2D eigenvalue weighted by atomic mass is 10.1. The fourth-order valence-corrected chi connectivity index (χ4v) is 2.28. The van der Waals surface area contributed by atoms with Crippen LogP contribution in [-0.4, -0.2) is 9.55 Å². The molecule has 0 aliphatic carbocycles. The van der Waals surface area contributed by atoms with Gasteiger partial charge in [0.25, 0.3) is 5.56 Å². The third-order valence-corrected chi connectivity index (χ3v) is 3.53. The highest BCUT2D eigenvalue weighted by Gasteiger charge is 2.09. The van der Waals surface area contributed by atoms with Crippen LogP contribution in [0.25, 0.3) is 0 Å². The van der Waals surface area contributed by atoms with Crippen molar-refractivity contribution in [1.82, 2.24) is 9.55 Å². The maximum Gasteiger partial charge on any atom is 0.267 e. The lowest BCUT2D eigenvalue weighted by molar-refractivity contribution is 0.632. The molecule has 0 N–H and O–H groups in total. The Morgan fingerprint density at radius 1 is 1.28 bits per heavy atom. The number of aromatic nitrogens is 2. The van der Waals surface area contributed by atoms with E-state index in [2.05, 4.69) is 20.9 Å². The zero-order chi connectivity index (χ0) is 13.0. The molecule has 2 aromatic rings. The van der Waals surface area contributed by atoms with Gasteiger partial charge in [-0.3, -0.25) is 9.36 Å². The van der Waals surface area contributed by atoms with Crippen LogP contribution in [0, 0.1) is 0 Å². The summed E-state index contributed by atoms with van der Waals surface area (Å²) < 4.78 is 2.21. The average Bonchev–Trinajstić information content (AvgIpc) is 2.40. The van der Waals surface area contributed by atoms with Crippen molar-refractivity contribution in [1.29, 1.82) is 0 Å². The van der Waals surface area contributed by atoms with E-state index in [1.54, 1.807) is 10.9 Å². The molecule has 3 nitrogen and oxygen atoms in total. The Bertz CT molecular complexity index is 578. The summed E-state index contributed by atoms with van der Waals surface area (Å²) in [7, 11) is 0. The van der Waals surface area contributed by atoms with E-state index in [0.717, 1.165) is 17.7 Å². The van der Waals surface area contributed by atoms with Crippen molar-refractivity contribution in [3.05, 3.63) is 62.7 Å². The van der Waals surface area contributed by atoms with E-state index in [-0.39, 0.29) is 5.56 Å². The summed E-state index contributed by atoms with van der Waals surface area (Å²) in [6.45, 7) is 2.74. The highest BCUT2D eigenvalue weighted by Crippen LogP contribution is 2.13. The molecular weight excluding hydrogens is 292 g/mol. The first-order valence-electron chi connectivity index (χ1n) is 6.00. The van der Waals surface area contributed by atoms with E-state index in [1.807, 2.05) is 37.3 Å². The van der Waals surface area contributed by atoms with Gasteiger partial charge in [-0.25, -0.2) is 4.98 Å². The van der Waals surface area contributed by atoms with Crippen molar-refractivity contribution in [2.45, 2.75) is 26.3 Å². The maximum absolute atomic E-state index is 12.0. The normalized spacial score (nSPS) is 10.6. The maximum atomic E-state index is 12.0. The van der Waals surface area contributed by atoms with E-state index in [4.69, 9.17) is 0 Å². The molecular formula is C14H15BrN2O. The summed E-state index contributed by atoms with van der Waals surface area (Å²) in [5, 5.41) is 0. The average molecular weight is 307 g/mol. The van der Waals surface area contributed by atoms with Crippen molar-refractivity contribution in [2.24, 2.45) is 0 Å². The van der Waals surface area contributed by atoms with Crippen LogP contribution in [0.4, 0.5) is 0 Å². The minimum atomic E-state index is -0.00205. The minimum Gasteiger partial charge on any atom is -0.298 e. The number of halogens is 1. The van der Waals surface area contributed by atoms with E-state index in [9.17, 15) is 4.79 Å². The van der Waals surface area contributed by atoms with Gasteiger partial charge in [0.15, 0.2) is 0 Å². The fourth-order valence-electron chi connectivity index (χ4n) is 1.81. The number of rotatable bonds is 4. The Morgan fingerprint density at radius 2 is 2.00 bits per heavy atom. The zero-order valence-electron chi connectivity index (χ0n) is 10.3. The highest BCUT2D eigenvalue weighted by molar-refractivity contribution is 9.10.